The molecule has 9 heteroatoms. The van der Waals surface area contributed by atoms with Gasteiger partial charge in [0.1, 0.15) is 10.6 Å². The maximum atomic E-state index is 13.6. The first kappa shape index (κ1) is 21.9. The molecule has 0 radical (unpaired) electrons. The molecular weight excluding hydrogens is 456 g/mol. The monoisotopic (exact) mass is 480 g/mol. The van der Waals surface area contributed by atoms with Crippen LogP contribution >= 0.6 is 23.1 Å². The van der Waals surface area contributed by atoms with Gasteiger partial charge in [0.05, 0.1) is 11.1 Å². The van der Waals surface area contributed by atoms with Gasteiger partial charge in [-0.2, -0.15) is 0 Å². The summed E-state index contributed by atoms with van der Waals surface area (Å²) in [6.45, 7) is 2.28. The topological polar surface area (TPSA) is 90.0 Å². The van der Waals surface area contributed by atoms with Gasteiger partial charge in [-0.25, -0.2) is 4.98 Å². The molecular formula is C24H24N4O3S2. The maximum Gasteiger partial charge on any atom is 0.263 e. The number of aromatic nitrogens is 3. The Kier molecular flexibility index (Phi) is 6.32. The average molecular weight is 481 g/mol. The van der Waals surface area contributed by atoms with Gasteiger partial charge in [-0.1, -0.05) is 47.3 Å². The molecule has 0 atom stereocenters. The third-order valence-corrected chi connectivity index (χ3v) is 7.90. The van der Waals surface area contributed by atoms with Crippen LogP contribution in [-0.2, 0) is 30.6 Å². The van der Waals surface area contributed by atoms with Crippen molar-refractivity contribution in [3.8, 4) is 0 Å². The number of hydrogen-bond donors (Lipinski definition) is 1. The van der Waals surface area contributed by atoms with Crippen molar-refractivity contribution < 1.29 is 9.32 Å². The molecule has 0 saturated carbocycles. The van der Waals surface area contributed by atoms with E-state index in [4.69, 9.17) is 9.51 Å². The smallest absolute Gasteiger partial charge is 0.263 e. The molecule has 1 aliphatic rings. The predicted octanol–water partition coefficient (Wildman–Crippen LogP) is 4.61. The largest absolute Gasteiger partial charge is 0.360 e. The number of carbonyl (C=O) groups excluding carboxylic acids is 1. The zero-order chi connectivity index (χ0) is 22.8. The number of hydrogen-bond acceptors (Lipinski definition) is 7. The molecule has 0 aliphatic heterocycles. The summed E-state index contributed by atoms with van der Waals surface area (Å²) in [6, 6.07) is 11.8. The number of aryl methyl sites for hydroxylation is 4. The number of thiophene rings is 1. The van der Waals surface area contributed by atoms with Gasteiger partial charge in [-0.05, 0) is 50.2 Å². The zero-order valence-electron chi connectivity index (χ0n) is 18.3. The van der Waals surface area contributed by atoms with Gasteiger partial charge < -0.3 is 9.84 Å². The van der Waals surface area contributed by atoms with Crippen molar-refractivity contribution >= 4 is 45.0 Å². The molecule has 7 nitrogen and oxygen atoms in total. The lowest BCUT2D eigenvalue weighted by atomic mass is 9.97. The van der Waals surface area contributed by atoms with Crippen LogP contribution in [0.3, 0.4) is 0 Å². The second-order valence-corrected chi connectivity index (χ2v) is 10.2. The minimum absolute atomic E-state index is 0.00497. The SMILES string of the molecule is Cc1cc(NC(=O)CSc2nc3sc4c(c3c(=O)n2CCc2ccccc2)CCCC4)no1. The van der Waals surface area contributed by atoms with Gasteiger partial charge >= 0.3 is 0 Å². The first-order valence-electron chi connectivity index (χ1n) is 11.0. The van der Waals surface area contributed by atoms with Crippen LogP contribution in [-0.4, -0.2) is 26.4 Å². The van der Waals surface area contributed by atoms with E-state index < -0.39 is 0 Å². The molecule has 3 aromatic heterocycles. The zero-order valence-corrected chi connectivity index (χ0v) is 19.9. The van der Waals surface area contributed by atoms with E-state index in [1.54, 1.807) is 28.9 Å². The molecule has 1 aliphatic carbocycles. The molecule has 4 aromatic rings. The number of benzene rings is 1. The molecule has 33 heavy (non-hydrogen) atoms. The lowest BCUT2D eigenvalue weighted by Crippen LogP contribution is -2.25. The third-order valence-electron chi connectivity index (χ3n) is 5.73. The molecule has 0 bridgehead atoms. The molecule has 0 spiro atoms. The highest BCUT2D eigenvalue weighted by Gasteiger charge is 2.22. The van der Waals surface area contributed by atoms with E-state index in [1.165, 1.54) is 22.2 Å². The van der Waals surface area contributed by atoms with E-state index >= 15 is 0 Å². The Hall–Kier alpha value is -2.91. The van der Waals surface area contributed by atoms with E-state index in [1.807, 2.05) is 18.2 Å². The van der Waals surface area contributed by atoms with Crippen LogP contribution in [0.2, 0.25) is 0 Å². The summed E-state index contributed by atoms with van der Waals surface area (Å²) in [7, 11) is 0. The van der Waals surface area contributed by atoms with Crippen molar-refractivity contribution in [2.24, 2.45) is 0 Å². The summed E-state index contributed by atoms with van der Waals surface area (Å²) in [5.74, 6) is 0.915. The van der Waals surface area contributed by atoms with Gasteiger partial charge in [0, 0.05) is 17.5 Å². The number of nitrogens with zero attached hydrogens (tertiary/aromatic N) is 3. The van der Waals surface area contributed by atoms with Crippen molar-refractivity contribution in [2.45, 2.75) is 50.7 Å². The number of rotatable bonds is 7. The molecule has 5 rings (SSSR count). The Labute approximate surface area is 199 Å². The quantitative estimate of drug-likeness (QED) is 0.307. The van der Waals surface area contributed by atoms with Crippen LogP contribution in [0.25, 0.3) is 10.2 Å². The normalized spacial score (nSPS) is 13.2. The molecule has 1 aromatic carbocycles. The predicted molar refractivity (Wildman–Crippen MR) is 131 cm³/mol. The number of thioether (sulfide) groups is 1. The number of carbonyl (C=O) groups is 1. The minimum atomic E-state index is -0.220. The number of anilines is 1. The molecule has 170 valence electrons. The van der Waals surface area contributed by atoms with Crippen LogP contribution in [0.15, 0.2) is 50.9 Å². The molecule has 0 fully saturated rings. The van der Waals surface area contributed by atoms with Crippen LogP contribution < -0.4 is 10.9 Å². The van der Waals surface area contributed by atoms with Gasteiger partial charge in [0.25, 0.3) is 5.56 Å². The summed E-state index contributed by atoms with van der Waals surface area (Å²) >= 11 is 2.91. The lowest BCUT2D eigenvalue weighted by molar-refractivity contribution is -0.113. The average Bonchev–Trinajstić information content (AvgIpc) is 3.40. The van der Waals surface area contributed by atoms with Crippen LogP contribution in [0.5, 0.6) is 0 Å². The minimum Gasteiger partial charge on any atom is -0.360 e. The van der Waals surface area contributed by atoms with Crippen molar-refractivity contribution in [3.63, 3.8) is 0 Å². The Morgan fingerprint density at radius 1 is 1.24 bits per heavy atom. The highest BCUT2D eigenvalue weighted by molar-refractivity contribution is 7.99. The van der Waals surface area contributed by atoms with Crippen molar-refractivity contribution in [1.29, 1.82) is 0 Å². The Bertz CT molecular complexity index is 1360. The van der Waals surface area contributed by atoms with E-state index in [0.29, 0.717) is 23.3 Å². The Morgan fingerprint density at radius 2 is 2.06 bits per heavy atom. The maximum absolute atomic E-state index is 13.6. The van der Waals surface area contributed by atoms with Crippen molar-refractivity contribution in [2.75, 3.05) is 11.1 Å². The Balaban J connectivity index is 1.44. The summed E-state index contributed by atoms with van der Waals surface area (Å²) in [5.41, 5.74) is 2.35. The fourth-order valence-electron chi connectivity index (χ4n) is 4.15. The molecule has 1 N–H and O–H groups in total. The van der Waals surface area contributed by atoms with E-state index in [2.05, 4.69) is 22.6 Å². The van der Waals surface area contributed by atoms with E-state index in [-0.39, 0.29) is 17.2 Å². The van der Waals surface area contributed by atoms with Gasteiger partial charge in [0.15, 0.2) is 11.0 Å². The second kappa shape index (κ2) is 9.52. The summed E-state index contributed by atoms with van der Waals surface area (Å²) in [6.07, 6.45) is 4.95. The third kappa shape index (κ3) is 4.74. The molecule has 0 saturated heterocycles. The molecule has 3 heterocycles. The number of fused-ring (bicyclic) bond motifs is 3. The van der Waals surface area contributed by atoms with Gasteiger partial charge in [0.2, 0.25) is 5.91 Å². The van der Waals surface area contributed by atoms with Crippen LogP contribution in [0.1, 0.15) is 34.6 Å². The van der Waals surface area contributed by atoms with Crippen LogP contribution in [0, 0.1) is 6.92 Å². The lowest BCUT2D eigenvalue weighted by Gasteiger charge is -2.13. The number of amides is 1. The second-order valence-electron chi connectivity index (χ2n) is 8.14. The number of nitrogens with one attached hydrogen (secondary N) is 1. The summed E-state index contributed by atoms with van der Waals surface area (Å²) < 4.78 is 6.74. The molecule has 1 amide bonds. The first-order valence-corrected chi connectivity index (χ1v) is 12.8. The van der Waals surface area contributed by atoms with Crippen LogP contribution in [0.4, 0.5) is 5.82 Å². The van der Waals surface area contributed by atoms with Crippen molar-refractivity contribution in [3.05, 3.63) is 68.5 Å². The highest BCUT2D eigenvalue weighted by Crippen LogP contribution is 2.34. The molecule has 0 unspecified atom stereocenters. The van der Waals surface area contributed by atoms with Gasteiger partial charge in [-0.3, -0.25) is 14.2 Å². The van der Waals surface area contributed by atoms with Gasteiger partial charge in [-0.15, -0.1) is 11.3 Å². The first-order chi connectivity index (χ1) is 16.1. The Morgan fingerprint density at radius 3 is 2.85 bits per heavy atom. The standard InChI is InChI=1S/C24H24N4O3S2/c1-15-13-19(27-31-15)25-20(29)14-32-24-26-22-21(17-9-5-6-10-18(17)33-22)23(30)28(24)12-11-16-7-3-2-4-8-16/h2-4,7-8,13H,5-6,9-12,14H2,1H3,(H,25,27,29). The van der Waals surface area contributed by atoms with Crippen molar-refractivity contribution in [1.82, 2.24) is 14.7 Å². The highest BCUT2D eigenvalue weighted by atomic mass is 32.2. The summed E-state index contributed by atoms with van der Waals surface area (Å²) in [5, 5.41) is 7.87. The fraction of sp³-hybridized carbons (Fsp3) is 0.333. The van der Waals surface area contributed by atoms with E-state index in [9.17, 15) is 9.59 Å². The fourth-order valence-corrected chi connectivity index (χ4v) is 6.27. The van der Waals surface area contributed by atoms with E-state index in [0.717, 1.165) is 47.9 Å². The summed E-state index contributed by atoms with van der Waals surface area (Å²) in [4.78, 5) is 33.0.